The lowest BCUT2D eigenvalue weighted by atomic mass is 9.89. The van der Waals surface area contributed by atoms with Gasteiger partial charge in [0.1, 0.15) is 17.5 Å². The summed E-state index contributed by atoms with van der Waals surface area (Å²) in [7, 11) is -3.65. The fourth-order valence-electron chi connectivity index (χ4n) is 3.88. The highest BCUT2D eigenvalue weighted by atomic mass is 32.2. The van der Waals surface area contributed by atoms with Crippen LogP contribution in [0, 0.1) is 5.92 Å². The predicted molar refractivity (Wildman–Crippen MR) is 119 cm³/mol. The average molecular weight is 431 g/mol. The molecule has 1 aliphatic carbocycles. The topological polar surface area (TPSA) is 75.7 Å². The Morgan fingerprint density at radius 2 is 1.63 bits per heavy atom. The van der Waals surface area contributed by atoms with Crippen molar-refractivity contribution < 1.29 is 17.9 Å². The fourth-order valence-corrected chi connectivity index (χ4v) is 5.05. The summed E-state index contributed by atoms with van der Waals surface area (Å²) in [6.07, 6.45) is 7.01. The molecule has 1 atom stereocenters. The molecule has 2 aromatic carbocycles. The first kappa shape index (κ1) is 22.2. The number of ether oxygens (including phenoxy) is 1. The molecule has 3 rings (SSSR count). The maximum Gasteiger partial charge on any atom is 0.243 e. The maximum absolute atomic E-state index is 12.7. The van der Waals surface area contributed by atoms with Gasteiger partial charge in [0, 0.05) is 6.54 Å². The van der Waals surface area contributed by atoms with Gasteiger partial charge in [-0.2, -0.15) is 0 Å². The van der Waals surface area contributed by atoms with Crippen molar-refractivity contribution in [1.29, 1.82) is 0 Å². The van der Waals surface area contributed by atoms with Crippen molar-refractivity contribution in [3.63, 3.8) is 0 Å². The Hall–Kier alpha value is -2.54. The number of benzene rings is 2. The minimum Gasteiger partial charge on any atom is -0.457 e. The second-order valence-electron chi connectivity index (χ2n) is 7.89. The molecule has 1 aliphatic rings. The van der Waals surface area contributed by atoms with E-state index >= 15 is 0 Å². The molecule has 0 saturated heterocycles. The number of nitrogens with zero attached hydrogens (tertiary/aromatic N) is 1. The number of sulfonamides is 1. The zero-order chi connectivity index (χ0) is 21.6. The van der Waals surface area contributed by atoms with Gasteiger partial charge in [0.05, 0.1) is 11.9 Å². The predicted octanol–water partition coefficient (Wildman–Crippen LogP) is 4.33. The van der Waals surface area contributed by atoms with E-state index in [1.807, 2.05) is 30.3 Å². The van der Waals surface area contributed by atoms with E-state index in [1.54, 1.807) is 31.2 Å². The van der Waals surface area contributed by atoms with Gasteiger partial charge in [0.25, 0.3) is 0 Å². The highest BCUT2D eigenvalue weighted by Crippen LogP contribution is 2.27. The third-order valence-electron chi connectivity index (χ3n) is 5.45. The van der Waals surface area contributed by atoms with Crippen molar-refractivity contribution in [3.05, 3.63) is 54.6 Å². The summed E-state index contributed by atoms with van der Waals surface area (Å²) < 4.78 is 31.9. The second kappa shape index (κ2) is 9.98. The van der Waals surface area contributed by atoms with Gasteiger partial charge in [0.15, 0.2) is 0 Å². The average Bonchev–Trinajstić information content (AvgIpc) is 2.74. The Bertz CT molecular complexity index is 923. The second-order valence-corrected chi connectivity index (χ2v) is 9.75. The van der Waals surface area contributed by atoms with Gasteiger partial charge >= 0.3 is 0 Å². The third-order valence-corrected chi connectivity index (χ3v) is 6.69. The molecule has 1 fully saturated rings. The summed E-state index contributed by atoms with van der Waals surface area (Å²) in [6.45, 7) is 2.22. The number of amides is 1. The molecule has 1 saturated carbocycles. The van der Waals surface area contributed by atoms with Crippen LogP contribution in [0.1, 0.15) is 39.0 Å². The molecule has 0 spiro atoms. The van der Waals surface area contributed by atoms with E-state index in [4.69, 9.17) is 4.74 Å². The number of rotatable bonds is 8. The van der Waals surface area contributed by atoms with E-state index in [9.17, 15) is 13.2 Å². The normalized spacial score (nSPS) is 15.9. The summed E-state index contributed by atoms with van der Waals surface area (Å²) in [5, 5.41) is 2.95. The quantitative estimate of drug-likeness (QED) is 0.676. The number of para-hydroxylation sites is 1. The Morgan fingerprint density at radius 3 is 2.23 bits per heavy atom. The molecule has 0 aromatic heterocycles. The minimum absolute atomic E-state index is 0.282. The van der Waals surface area contributed by atoms with Crippen molar-refractivity contribution in [1.82, 2.24) is 5.32 Å². The molecule has 0 aliphatic heterocycles. The molecule has 0 radical (unpaired) electrons. The monoisotopic (exact) mass is 430 g/mol. The lowest BCUT2D eigenvalue weighted by Crippen LogP contribution is -2.48. The van der Waals surface area contributed by atoms with Crippen LogP contribution >= 0.6 is 0 Å². The number of anilines is 1. The molecule has 0 bridgehead atoms. The minimum atomic E-state index is -3.65. The van der Waals surface area contributed by atoms with Gasteiger partial charge in [0.2, 0.25) is 15.9 Å². The molecule has 162 valence electrons. The summed E-state index contributed by atoms with van der Waals surface area (Å²) in [6, 6.07) is 15.2. The summed E-state index contributed by atoms with van der Waals surface area (Å²) in [5.74, 6) is 1.49. The van der Waals surface area contributed by atoms with Gasteiger partial charge in [-0.1, -0.05) is 37.5 Å². The van der Waals surface area contributed by atoms with Crippen LogP contribution in [0.2, 0.25) is 0 Å². The van der Waals surface area contributed by atoms with E-state index in [0.717, 1.165) is 23.4 Å². The first-order chi connectivity index (χ1) is 14.3. The maximum atomic E-state index is 12.7. The van der Waals surface area contributed by atoms with Crippen LogP contribution < -0.4 is 14.4 Å². The molecule has 1 amide bonds. The van der Waals surface area contributed by atoms with Gasteiger partial charge < -0.3 is 10.1 Å². The van der Waals surface area contributed by atoms with Crippen LogP contribution in [0.4, 0.5) is 5.69 Å². The Balaban J connectivity index is 1.69. The molecular weight excluding hydrogens is 400 g/mol. The Labute approximate surface area is 179 Å². The number of hydrogen-bond acceptors (Lipinski definition) is 4. The van der Waals surface area contributed by atoms with Crippen LogP contribution in [-0.2, 0) is 14.8 Å². The third kappa shape index (κ3) is 5.98. The number of carbonyl (C=O) groups is 1. The molecule has 30 heavy (non-hydrogen) atoms. The van der Waals surface area contributed by atoms with E-state index in [-0.39, 0.29) is 5.91 Å². The van der Waals surface area contributed by atoms with Crippen molar-refractivity contribution in [2.24, 2.45) is 5.92 Å². The van der Waals surface area contributed by atoms with E-state index in [2.05, 4.69) is 5.32 Å². The first-order valence-corrected chi connectivity index (χ1v) is 12.3. The van der Waals surface area contributed by atoms with Crippen LogP contribution in [0.3, 0.4) is 0 Å². The van der Waals surface area contributed by atoms with E-state index in [1.165, 1.54) is 19.3 Å². The van der Waals surface area contributed by atoms with E-state index < -0.39 is 16.1 Å². The summed E-state index contributed by atoms with van der Waals surface area (Å²) >= 11 is 0. The highest BCUT2D eigenvalue weighted by molar-refractivity contribution is 7.92. The molecule has 0 heterocycles. The zero-order valence-electron chi connectivity index (χ0n) is 17.6. The number of carbonyl (C=O) groups excluding carboxylic acids is 1. The molecule has 2 aromatic rings. The van der Waals surface area contributed by atoms with Gasteiger partial charge in [-0.25, -0.2) is 8.42 Å². The first-order valence-electron chi connectivity index (χ1n) is 10.4. The smallest absolute Gasteiger partial charge is 0.243 e. The van der Waals surface area contributed by atoms with Gasteiger partial charge in [-0.15, -0.1) is 0 Å². The van der Waals surface area contributed by atoms with Crippen LogP contribution in [0.25, 0.3) is 0 Å². The van der Waals surface area contributed by atoms with Crippen LogP contribution in [0.15, 0.2) is 54.6 Å². The SMILES string of the molecule is CC(C(=O)NCC1CCCCC1)N(c1ccc(Oc2ccccc2)cc1)S(C)(=O)=O. The van der Waals surface area contributed by atoms with Crippen molar-refractivity contribution in [3.8, 4) is 11.5 Å². The molecule has 1 N–H and O–H groups in total. The van der Waals surface area contributed by atoms with Gasteiger partial charge in [-0.05, 0) is 62.1 Å². The largest absolute Gasteiger partial charge is 0.457 e. The fraction of sp³-hybridized carbons (Fsp3) is 0.435. The van der Waals surface area contributed by atoms with Crippen LogP contribution in [0.5, 0.6) is 11.5 Å². The Morgan fingerprint density at radius 1 is 1.03 bits per heavy atom. The molecule has 6 nitrogen and oxygen atoms in total. The lowest BCUT2D eigenvalue weighted by molar-refractivity contribution is -0.122. The Kier molecular flexibility index (Phi) is 7.37. The molecule has 7 heteroatoms. The zero-order valence-corrected chi connectivity index (χ0v) is 18.4. The van der Waals surface area contributed by atoms with E-state index in [0.29, 0.717) is 29.6 Å². The summed E-state index contributed by atoms with van der Waals surface area (Å²) in [5.41, 5.74) is 0.429. The summed E-state index contributed by atoms with van der Waals surface area (Å²) in [4.78, 5) is 12.7. The van der Waals surface area contributed by atoms with Gasteiger partial charge in [-0.3, -0.25) is 9.10 Å². The highest BCUT2D eigenvalue weighted by Gasteiger charge is 2.29. The molecule has 1 unspecified atom stereocenters. The number of hydrogen-bond donors (Lipinski definition) is 1. The van der Waals surface area contributed by atoms with Crippen molar-refractivity contribution in [2.45, 2.75) is 45.1 Å². The van der Waals surface area contributed by atoms with Crippen LogP contribution in [-0.4, -0.2) is 33.2 Å². The number of nitrogens with one attached hydrogen (secondary N) is 1. The lowest BCUT2D eigenvalue weighted by Gasteiger charge is -2.29. The standard InChI is InChI=1S/C23H30N2O4S/c1-18(23(26)24-17-19-9-5-3-6-10-19)25(30(2,27)28)20-13-15-22(16-14-20)29-21-11-7-4-8-12-21/h4,7-8,11-16,18-19H,3,5-6,9-10,17H2,1-2H3,(H,24,26). The van der Waals surface area contributed by atoms with Crippen molar-refractivity contribution >= 4 is 21.6 Å². The van der Waals surface area contributed by atoms with Crippen molar-refractivity contribution in [2.75, 3.05) is 17.1 Å². The molecular formula is C23H30N2O4S.